The van der Waals surface area contributed by atoms with Crippen molar-refractivity contribution in [3.05, 3.63) is 41.7 Å². The van der Waals surface area contributed by atoms with E-state index in [1.165, 1.54) is 32.1 Å². The van der Waals surface area contributed by atoms with Gasteiger partial charge < -0.3 is 20.1 Å². The first kappa shape index (κ1) is 21.3. The standard InChI is InChI=1S/C23H28N6O2S/c24-11-16-7-4-8-17(10-16)25-23(32)26-19-13-30-22-20(14-31-21(19)22)29-12-18(27-28-29)9-15-5-2-1-3-6-15/h4,7-8,10,12,15,19-22H,1-3,5-6,9,13-14H2,(H2,25,26,32)/t19-,20-,21+,22+/m0/s1. The molecule has 4 atom stereocenters. The van der Waals surface area contributed by atoms with Crippen molar-refractivity contribution < 1.29 is 9.47 Å². The molecule has 2 saturated heterocycles. The lowest BCUT2D eigenvalue weighted by Gasteiger charge is -2.20. The molecule has 2 aromatic rings. The highest BCUT2D eigenvalue weighted by Gasteiger charge is 2.49. The Balaban J connectivity index is 1.17. The Morgan fingerprint density at radius 2 is 2.03 bits per heavy atom. The van der Waals surface area contributed by atoms with E-state index in [0.717, 1.165) is 23.7 Å². The average molecular weight is 453 g/mol. The van der Waals surface area contributed by atoms with Gasteiger partial charge in [0.05, 0.1) is 36.6 Å². The summed E-state index contributed by atoms with van der Waals surface area (Å²) < 4.78 is 14.1. The molecule has 3 heterocycles. The van der Waals surface area contributed by atoms with E-state index in [0.29, 0.717) is 23.9 Å². The maximum absolute atomic E-state index is 9.06. The van der Waals surface area contributed by atoms with Crippen LogP contribution in [0.15, 0.2) is 30.5 Å². The zero-order chi connectivity index (χ0) is 21.9. The molecule has 1 aromatic heterocycles. The Morgan fingerprint density at radius 3 is 2.88 bits per heavy atom. The van der Waals surface area contributed by atoms with E-state index >= 15 is 0 Å². The second kappa shape index (κ2) is 9.53. The average Bonchev–Trinajstić information content (AvgIpc) is 3.52. The number of thiocarbonyl (C=S) groups is 1. The maximum Gasteiger partial charge on any atom is 0.171 e. The summed E-state index contributed by atoms with van der Waals surface area (Å²) in [7, 11) is 0. The van der Waals surface area contributed by atoms with E-state index in [2.05, 4.69) is 33.2 Å². The number of ether oxygens (including phenoxy) is 2. The van der Waals surface area contributed by atoms with Gasteiger partial charge in [-0.1, -0.05) is 43.4 Å². The number of hydrogen-bond acceptors (Lipinski definition) is 6. The largest absolute Gasteiger partial charge is 0.371 e. The highest BCUT2D eigenvalue weighted by atomic mass is 32.1. The van der Waals surface area contributed by atoms with Crippen LogP contribution in [-0.4, -0.2) is 51.6 Å². The van der Waals surface area contributed by atoms with Gasteiger partial charge in [0.25, 0.3) is 0 Å². The number of aromatic nitrogens is 3. The van der Waals surface area contributed by atoms with Crippen LogP contribution < -0.4 is 10.6 Å². The first-order valence-electron chi connectivity index (χ1n) is 11.4. The fourth-order valence-corrected chi connectivity index (χ4v) is 5.36. The molecule has 32 heavy (non-hydrogen) atoms. The van der Waals surface area contributed by atoms with E-state index in [1.54, 1.807) is 12.1 Å². The molecule has 3 fully saturated rings. The molecule has 2 aliphatic heterocycles. The zero-order valence-corrected chi connectivity index (χ0v) is 18.8. The summed E-state index contributed by atoms with van der Waals surface area (Å²) in [6.45, 7) is 1.06. The minimum Gasteiger partial charge on any atom is -0.371 e. The van der Waals surface area contributed by atoms with Crippen molar-refractivity contribution in [3.63, 3.8) is 0 Å². The molecular formula is C23H28N6O2S. The van der Waals surface area contributed by atoms with Crippen LogP contribution in [0.25, 0.3) is 0 Å². The fraction of sp³-hybridized carbons (Fsp3) is 0.565. The molecule has 5 rings (SSSR count). The fourth-order valence-electron chi connectivity index (χ4n) is 5.09. The van der Waals surface area contributed by atoms with Crippen LogP contribution in [0.3, 0.4) is 0 Å². The number of nitrogens with zero attached hydrogens (tertiary/aromatic N) is 4. The van der Waals surface area contributed by atoms with E-state index in [4.69, 9.17) is 27.0 Å². The van der Waals surface area contributed by atoms with Gasteiger partial charge in [-0.05, 0) is 42.8 Å². The van der Waals surface area contributed by atoms with Gasteiger partial charge in [0.15, 0.2) is 5.11 Å². The summed E-state index contributed by atoms with van der Waals surface area (Å²) in [5.74, 6) is 0.736. The summed E-state index contributed by atoms with van der Waals surface area (Å²) in [6.07, 6.45) is 9.54. The Hall–Kier alpha value is -2.54. The predicted octanol–water partition coefficient (Wildman–Crippen LogP) is 2.97. The number of rotatable bonds is 5. The molecule has 1 aliphatic carbocycles. The summed E-state index contributed by atoms with van der Waals surface area (Å²) >= 11 is 5.47. The topological polar surface area (TPSA) is 97.0 Å². The highest BCUT2D eigenvalue weighted by molar-refractivity contribution is 7.80. The zero-order valence-electron chi connectivity index (χ0n) is 17.9. The predicted molar refractivity (Wildman–Crippen MR) is 123 cm³/mol. The third-order valence-electron chi connectivity index (χ3n) is 6.71. The van der Waals surface area contributed by atoms with Gasteiger partial charge in [-0.25, -0.2) is 4.68 Å². The third-order valence-corrected chi connectivity index (χ3v) is 6.93. The van der Waals surface area contributed by atoms with Crippen molar-refractivity contribution in [1.82, 2.24) is 20.3 Å². The van der Waals surface area contributed by atoms with Crippen molar-refractivity contribution in [1.29, 1.82) is 5.26 Å². The van der Waals surface area contributed by atoms with E-state index in [9.17, 15) is 0 Å². The van der Waals surface area contributed by atoms with Crippen LogP contribution in [-0.2, 0) is 15.9 Å². The van der Waals surface area contributed by atoms with Gasteiger partial charge >= 0.3 is 0 Å². The molecule has 8 nitrogen and oxygen atoms in total. The van der Waals surface area contributed by atoms with Crippen LogP contribution in [0, 0.1) is 17.2 Å². The lowest BCUT2D eigenvalue weighted by atomic mass is 9.86. The van der Waals surface area contributed by atoms with Crippen molar-refractivity contribution in [3.8, 4) is 6.07 Å². The Morgan fingerprint density at radius 1 is 1.19 bits per heavy atom. The van der Waals surface area contributed by atoms with Gasteiger partial charge in [-0.3, -0.25) is 0 Å². The lowest BCUT2D eigenvalue weighted by molar-refractivity contribution is 0.0624. The van der Waals surface area contributed by atoms with Crippen LogP contribution in [0.5, 0.6) is 0 Å². The number of nitriles is 1. The minimum absolute atomic E-state index is 0.0215. The molecule has 0 radical (unpaired) electrons. The lowest BCUT2D eigenvalue weighted by Crippen LogP contribution is -2.45. The Bertz CT molecular complexity index is 998. The third kappa shape index (κ3) is 4.63. The molecule has 3 aliphatic rings. The van der Waals surface area contributed by atoms with Crippen molar-refractivity contribution in [2.75, 3.05) is 18.5 Å². The van der Waals surface area contributed by atoms with E-state index in [1.807, 2.05) is 16.8 Å². The molecule has 9 heteroatoms. The Labute approximate surface area is 193 Å². The second-order valence-corrected chi connectivity index (χ2v) is 9.37. The van der Waals surface area contributed by atoms with Gasteiger partial charge in [0.1, 0.15) is 18.2 Å². The summed E-state index contributed by atoms with van der Waals surface area (Å²) in [5, 5.41) is 24.8. The first-order chi connectivity index (χ1) is 15.7. The van der Waals surface area contributed by atoms with Crippen molar-refractivity contribution >= 4 is 23.0 Å². The number of nitrogens with one attached hydrogen (secondary N) is 2. The van der Waals surface area contributed by atoms with Crippen molar-refractivity contribution in [2.45, 2.75) is 62.8 Å². The smallest absolute Gasteiger partial charge is 0.171 e. The molecule has 0 bridgehead atoms. The van der Waals surface area contributed by atoms with Crippen LogP contribution in [0.2, 0.25) is 0 Å². The van der Waals surface area contributed by atoms with Crippen LogP contribution in [0.4, 0.5) is 5.69 Å². The quantitative estimate of drug-likeness (QED) is 0.669. The first-order valence-corrected chi connectivity index (χ1v) is 11.8. The molecule has 0 amide bonds. The number of benzene rings is 1. The number of hydrogen-bond donors (Lipinski definition) is 2. The Kier molecular flexibility index (Phi) is 6.35. The van der Waals surface area contributed by atoms with Crippen LogP contribution >= 0.6 is 12.2 Å². The van der Waals surface area contributed by atoms with Crippen LogP contribution in [0.1, 0.15) is 49.4 Å². The molecule has 1 aromatic carbocycles. The van der Waals surface area contributed by atoms with Crippen molar-refractivity contribution in [2.24, 2.45) is 5.92 Å². The minimum atomic E-state index is -0.101. The molecule has 168 valence electrons. The normalized spacial score (nSPS) is 27.6. The monoisotopic (exact) mass is 452 g/mol. The van der Waals surface area contributed by atoms with Gasteiger partial charge in [0, 0.05) is 11.9 Å². The highest BCUT2D eigenvalue weighted by Crippen LogP contribution is 2.34. The molecule has 1 saturated carbocycles. The van der Waals surface area contributed by atoms with Gasteiger partial charge in [0.2, 0.25) is 0 Å². The molecule has 0 spiro atoms. The number of anilines is 1. The van der Waals surface area contributed by atoms with Gasteiger partial charge in [-0.2, -0.15) is 5.26 Å². The summed E-state index contributed by atoms with van der Waals surface area (Å²) in [6, 6.07) is 9.33. The van der Waals surface area contributed by atoms with E-state index in [-0.39, 0.29) is 24.3 Å². The summed E-state index contributed by atoms with van der Waals surface area (Å²) in [5.41, 5.74) is 2.42. The second-order valence-electron chi connectivity index (χ2n) is 8.96. The molecule has 2 N–H and O–H groups in total. The SMILES string of the molecule is N#Cc1cccc(NC(=S)N[C@H]2CO[C@H]3[C@@H]2OC[C@@H]3n2cc(CC3CCCCC3)nn2)c1. The molecular weight excluding hydrogens is 424 g/mol. The van der Waals surface area contributed by atoms with E-state index < -0.39 is 0 Å². The summed E-state index contributed by atoms with van der Waals surface area (Å²) in [4.78, 5) is 0. The molecule has 0 unspecified atom stereocenters. The van der Waals surface area contributed by atoms with Gasteiger partial charge in [-0.15, -0.1) is 5.10 Å². The maximum atomic E-state index is 9.06. The number of fused-ring (bicyclic) bond motifs is 1.